The van der Waals surface area contributed by atoms with Gasteiger partial charge in [0.25, 0.3) is 11.5 Å². The molecule has 5 nitrogen and oxygen atoms in total. The molecule has 1 aromatic heterocycles. The van der Waals surface area contributed by atoms with E-state index in [0.717, 1.165) is 4.47 Å². The average Bonchev–Trinajstić information content (AvgIpc) is 2.69. The summed E-state index contributed by atoms with van der Waals surface area (Å²) in [6.07, 6.45) is 0. The molecule has 2 aromatic rings. The summed E-state index contributed by atoms with van der Waals surface area (Å²) < 4.78 is 1.97. The second kappa shape index (κ2) is 4.68. The lowest BCUT2D eigenvalue weighted by Crippen LogP contribution is -2.19. The van der Waals surface area contributed by atoms with Gasteiger partial charge in [0.15, 0.2) is 0 Å². The molecule has 2 rings (SSSR count). The molecule has 88 valence electrons. The maximum absolute atomic E-state index is 12.1. The largest absolute Gasteiger partial charge is 0.325 e. The molecule has 3 N–H and O–H groups in total. The van der Waals surface area contributed by atoms with E-state index in [0.29, 0.717) is 11.3 Å². The average molecular weight is 296 g/mol. The lowest BCUT2D eigenvalue weighted by Gasteiger charge is -2.05. The predicted molar refractivity (Wildman–Crippen MR) is 66.8 cm³/mol. The molecule has 0 saturated carbocycles. The van der Waals surface area contributed by atoms with Crippen molar-refractivity contribution in [1.82, 2.24) is 9.78 Å². The van der Waals surface area contributed by atoms with E-state index < -0.39 is 0 Å². The molecule has 6 heteroatoms. The maximum atomic E-state index is 12.1. The summed E-state index contributed by atoms with van der Waals surface area (Å²) in [6.45, 7) is 0.123. The van der Waals surface area contributed by atoms with Crippen molar-refractivity contribution in [3.05, 3.63) is 56.4 Å². The molecular weight excluding hydrogens is 286 g/mol. The highest BCUT2D eigenvalue weighted by atomic mass is 79.9. The summed E-state index contributed by atoms with van der Waals surface area (Å²) in [7, 11) is 0. The van der Waals surface area contributed by atoms with Crippen LogP contribution in [0.4, 0.5) is 0 Å². The van der Waals surface area contributed by atoms with E-state index in [2.05, 4.69) is 21.0 Å². The molecule has 0 aliphatic carbocycles. The minimum absolute atomic E-state index is 0.123. The second-order valence-electron chi connectivity index (χ2n) is 3.47. The van der Waals surface area contributed by atoms with Gasteiger partial charge in [0.1, 0.15) is 0 Å². The molecule has 0 saturated heterocycles. The molecule has 0 bridgehead atoms. The van der Waals surface area contributed by atoms with E-state index in [-0.39, 0.29) is 18.0 Å². The smallest absolute Gasteiger partial charge is 0.276 e. The van der Waals surface area contributed by atoms with Crippen LogP contribution in [-0.4, -0.2) is 15.7 Å². The summed E-state index contributed by atoms with van der Waals surface area (Å²) >= 11 is 3.29. The van der Waals surface area contributed by atoms with E-state index in [9.17, 15) is 9.59 Å². The Morgan fingerprint density at radius 1 is 1.41 bits per heavy atom. The van der Waals surface area contributed by atoms with E-state index in [1.807, 2.05) is 6.07 Å². The van der Waals surface area contributed by atoms with Gasteiger partial charge in [-0.1, -0.05) is 22.0 Å². The normalized spacial score (nSPS) is 10.5. The van der Waals surface area contributed by atoms with Crippen molar-refractivity contribution in [1.29, 1.82) is 0 Å². The van der Waals surface area contributed by atoms with E-state index in [1.165, 1.54) is 10.7 Å². The first kappa shape index (κ1) is 11.8. The van der Waals surface area contributed by atoms with Gasteiger partial charge < -0.3 is 5.73 Å². The van der Waals surface area contributed by atoms with Crippen LogP contribution in [0.5, 0.6) is 0 Å². The van der Waals surface area contributed by atoms with Crippen molar-refractivity contribution in [2.24, 2.45) is 5.73 Å². The minimum atomic E-state index is -0.339. The molecule has 0 fully saturated rings. The zero-order chi connectivity index (χ0) is 12.4. The summed E-state index contributed by atoms with van der Waals surface area (Å²) in [5, 5.41) is 2.43. The van der Waals surface area contributed by atoms with Crippen LogP contribution in [0.25, 0.3) is 0 Å². The summed E-state index contributed by atoms with van der Waals surface area (Å²) in [5.41, 5.74) is 6.06. The molecule has 0 radical (unpaired) electrons. The Hall–Kier alpha value is -1.66. The van der Waals surface area contributed by atoms with Gasteiger partial charge in [-0.25, -0.2) is 4.68 Å². The molecular formula is C11H10BrN3O2. The van der Waals surface area contributed by atoms with Gasteiger partial charge in [0, 0.05) is 22.6 Å². The third kappa shape index (κ3) is 2.37. The number of nitrogens with two attached hydrogens (primary N) is 1. The monoisotopic (exact) mass is 295 g/mol. The minimum Gasteiger partial charge on any atom is -0.325 e. The van der Waals surface area contributed by atoms with Crippen molar-refractivity contribution in [3.8, 4) is 0 Å². The van der Waals surface area contributed by atoms with Crippen molar-refractivity contribution in [3.63, 3.8) is 0 Å². The number of aromatic amines is 1. The van der Waals surface area contributed by atoms with Crippen LogP contribution >= 0.6 is 15.9 Å². The number of carbonyl (C=O) groups excluding carboxylic acids is 1. The molecule has 0 atom stereocenters. The third-order valence-electron chi connectivity index (χ3n) is 2.29. The standard InChI is InChI=1S/C11H10BrN3O2/c12-8-3-1-2-7(4-8)11(17)15-9(6-13)5-10(16)14-15/h1-5H,6,13H2,(H,14,16). The molecule has 17 heavy (non-hydrogen) atoms. The fourth-order valence-corrected chi connectivity index (χ4v) is 1.91. The number of nitrogens with one attached hydrogen (secondary N) is 1. The Balaban J connectivity index is 2.47. The molecule has 1 heterocycles. The molecule has 1 aromatic carbocycles. The Morgan fingerprint density at radius 2 is 2.18 bits per heavy atom. The van der Waals surface area contributed by atoms with Crippen LogP contribution in [0.1, 0.15) is 16.1 Å². The van der Waals surface area contributed by atoms with E-state index in [1.54, 1.807) is 18.2 Å². The first-order chi connectivity index (χ1) is 8.11. The van der Waals surface area contributed by atoms with Crippen LogP contribution in [0.3, 0.4) is 0 Å². The number of rotatable bonds is 2. The maximum Gasteiger partial charge on any atom is 0.276 e. The summed E-state index contributed by atoms with van der Waals surface area (Å²) in [4.78, 5) is 23.3. The van der Waals surface area contributed by atoms with Gasteiger partial charge in [-0.15, -0.1) is 0 Å². The molecule has 0 amide bonds. The lowest BCUT2D eigenvalue weighted by atomic mass is 10.2. The Kier molecular flexibility index (Phi) is 3.26. The zero-order valence-electron chi connectivity index (χ0n) is 8.81. The third-order valence-corrected chi connectivity index (χ3v) is 2.78. The number of aromatic nitrogens is 2. The van der Waals surface area contributed by atoms with Crippen LogP contribution < -0.4 is 11.3 Å². The van der Waals surface area contributed by atoms with Gasteiger partial charge in [-0.05, 0) is 18.2 Å². The second-order valence-corrected chi connectivity index (χ2v) is 4.38. The van der Waals surface area contributed by atoms with Gasteiger partial charge in [-0.2, -0.15) is 0 Å². The van der Waals surface area contributed by atoms with Gasteiger partial charge >= 0.3 is 0 Å². The topological polar surface area (TPSA) is 80.9 Å². The SMILES string of the molecule is NCc1cc(=O)[nH]n1C(=O)c1cccc(Br)c1. The van der Waals surface area contributed by atoms with Crippen molar-refractivity contribution in [2.45, 2.75) is 6.54 Å². The van der Waals surface area contributed by atoms with Crippen molar-refractivity contribution < 1.29 is 4.79 Å². The fourth-order valence-electron chi connectivity index (χ4n) is 1.51. The predicted octanol–water partition coefficient (Wildman–Crippen LogP) is 1.09. The highest BCUT2D eigenvalue weighted by molar-refractivity contribution is 9.10. The quantitative estimate of drug-likeness (QED) is 0.870. The van der Waals surface area contributed by atoms with Gasteiger partial charge in [0.2, 0.25) is 0 Å². The fraction of sp³-hybridized carbons (Fsp3) is 0.0909. The molecule has 0 aliphatic heterocycles. The van der Waals surface area contributed by atoms with Crippen molar-refractivity contribution in [2.75, 3.05) is 0 Å². The van der Waals surface area contributed by atoms with Crippen molar-refractivity contribution >= 4 is 21.8 Å². The van der Waals surface area contributed by atoms with Crippen LogP contribution in [0.2, 0.25) is 0 Å². The summed E-state index contributed by atoms with van der Waals surface area (Å²) in [6, 6.07) is 8.24. The van der Waals surface area contributed by atoms with Gasteiger partial charge in [-0.3, -0.25) is 14.7 Å². The number of hydrogen-bond donors (Lipinski definition) is 2. The number of hydrogen-bond acceptors (Lipinski definition) is 3. The number of benzene rings is 1. The molecule has 0 spiro atoms. The van der Waals surface area contributed by atoms with Crippen LogP contribution in [0.15, 0.2) is 39.6 Å². The Labute approximate surface area is 105 Å². The van der Waals surface area contributed by atoms with Gasteiger partial charge in [0.05, 0.1) is 5.69 Å². The highest BCUT2D eigenvalue weighted by Gasteiger charge is 2.13. The molecule has 0 unspecified atom stereocenters. The number of carbonyl (C=O) groups is 1. The Morgan fingerprint density at radius 3 is 2.82 bits per heavy atom. The Bertz CT molecular complexity index is 615. The molecule has 0 aliphatic rings. The lowest BCUT2D eigenvalue weighted by molar-refractivity contribution is 0.0941. The van der Waals surface area contributed by atoms with Crippen LogP contribution in [0, 0.1) is 0 Å². The highest BCUT2D eigenvalue weighted by Crippen LogP contribution is 2.13. The van der Waals surface area contributed by atoms with E-state index in [4.69, 9.17) is 5.73 Å². The van der Waals surface area contributed by atoms with E-state index >= 15 is 0 Å². The summed E-state index contributed by atoms with van der Waals surface area (Å²) in [5.74, 6) is -0.311. The number of nitrogens with zero attached hydrogens (tertiary/aromatic N) is 1. The first-order valence-corrected chi connectivity index (χ1v) is 5.72. The van der Waals surface area contributed by atoms with Crippen LogP contribution in [-0.2, 0) is 6.54 Å². The first-order valence-electron chi connectivity index (χ1n) is 4.93. The number of H-pyrrole nitrogens is 1. The zero-order valence-corrected chi connectivity index (χ0v) is 10.4. The number of halogens is 1.